The lowest BCUT2D eigenvalue weighted by atomic mass is 10.1. The Bertz CT molecular complexity index is 853. The number of aromatic nitrogens is 2. The standard InChI is InChI=1S/C10H8ClN3O6/c1-2-4-3-5-7(8(6(4)11)14(19)20)13(18)10(16)9(15)12(5)17/h3,17-18H,2H2,1H3. The Labute approximate surface area is 114 Å². The second-order valence-electron chi connectivity index (χ2n) is 3.91. The summed E-state index contributed by atoms with van der Waals surface area (Å²) in [5.74, 6) is 0. The summed E-state index contributed by atoms with van der Waals surface area (Å²) in [6.45, 7) is 1.66. The highest BCUT2D eigenvalue weighted by Gasteiger charge is 2.27. The molecular weight excluding hydrogens is 294 g/mol. The van der Waals surface area contributed by atoms with Crippen molar-refractivity contribution in [3.05, 3.63) is 47.5 Å². The molecule has 1 heterocycles. The van der Waals surface area contributed by atoms with Gasteiger partial charge in [-0.25, -0.2) is 0 Å². The van der Waals surface area contributed by atoms with Crippen LogP contribution >= 0.6 is 11.6 Å². The van der Waals surface area contributed by atoms with Gasteiger partial charge in [0, 0.05) is 0 Å². The number of nitro benzene ring substituents is 1. The van der Waals surface area contributed by atoms with E-state index in [-0.39, 0.29) is 32.0 Å². The molecule has 0 spiro atoms. The molecule has 9 nitrogen and oxygen atoms in total. The zero-order valence-corrected chi connectivity index (χ0v) is 10.8. The first-order chi connectivity index (χ1) is 9.31. The van der Waals surface area contributed by atoms with Gasteiger partial charge in [0.15, 0.2) is 5.52 Å². The minimum Gasteiger partial charge on any atom is -0.425 e. The maximum atomic E-state index is 11.4. The van der Waals surface area contributed by atoms with Gasteiger partial charge in [-0.15, -0.1) is 9.46 Å². The van der Waals surface area contributed by atoms with E-state index in [0.717, 1.165) is 0 Å². The lowest BCUT2D eigenvalue weighted by Gasteiger charge is -2.10. The number of nitrogens with zero attached hydrogens (tertiary/aromatic N) is 3. The molecule has 0 bridgehead atoms. The SMILES string of the molecule is CCc1cc2c(c([N+](=O)[O-])c1Cl)n(O)c(=O)c(=O)n2O. The average Bonchev–Trinajstić information content (AvgIpc) is 2.41. The van der Waals surface area contributed by atoms with Gasteiger partial charge < -0.3 is 10.4 Å². The highest BCUT2D eigenvalue weighted by molar-refractivity contribution is 6.34. The van der Waals surface area contributed by atoms with Gasteiger partial charge in [-0.05, 0) is 18.1 Å². The Kier molecular flexibility index (Phi) is 3.14. The molecule has 2 rings (SSSR count). The summed E-state index contributed by atoms with van der Waals surface area (Å²) in [4.78, 5) is 33.0. The highest BCUT2D eigenvalue weighted by atomic mass is 35.5. The van der Waals surface area contributed by atoms with E-state index in [4.69, 9.17) is 11.6 Å². The Morgan fingerprint density at radius 3 is 2.35 bits per heavy atom. The van der Waals surface area contributed by atoms with Crippen molar-refractivity contribution in [1.29, 1.82) is 0 Å². The first-order valence-electron chi connectivity index (χ1n) is 5.37. The zero-order chi connectivity index (χ0) is 15.2. The fraction of sp³-hybridized carbons (Fsp3) is 0.200. The van der Waals surface area contributed by atoms with Crippen LogP contribution < -0.4 is 11.1 Å². The van der Waals surface area contributed by atoms with Crippen molar-refractivity contribution < 1.29 is 15.3 Å². The molecular formula is C10H8ClN3O6. The van der Waals surface area contributed by atoms with Crippen LogP contribution in [0.25, 0.3) is 11.0 Å². The largest absolute Gasteiger partial charge is 0.425 e. The Balaban J connectivity index is 3.24. The van der Waals surface area contributed by atoms with Gasteiger partial charge in [-0.3, -0.25) is 19.7 Å². The van der Waals surface area contributed by atoms with E-state index in [0.29, 0.717) is 0 Å². The van der Waals surface area contributed by atoms with Gasteiger partial charge in [0.2, 0.25) is 0 Å². The highest BCUT2D eigenvalue weighted by Crippen LogP contribution is 2.35. The molecule has 0 amide bonds. The van der Waals surface area contributed by atoms with Crippen LogP contribution in [0.15, 0.2) is 15.7 Å². The van der Waals surface area contributed by atoms with Gasteiger partial charge in [0.05, 0.1) is 4.92 Å². The number of hydrogen-bond acceptors (Lipinski definition) is 6. The second-order valence-corrected chi connectivity index (χ2v) is 4.29. The molecule has 1 aromatic heterocycles. The van der Waals surface area contributed by atoms with Crippen molar-refractivity contribution in [3.8, 4) is 0 Å². The number of aryl methyl sites for hydroxylation is 1. The summed E-state index contributed by atoms with van der Waals surface area (Å²) in [7, 11) is 0. The maximum Gasteiger partial charge on any atom is 0.352 e. The summed E-state index contributed by atoms with van der Waals surface area (Å²) in [5.41, 5.74) is -4.47. The summed E-state index contributed by atoms with van der Waals surface area (Å²) < 4.78 is -0.235. The molecule has 0 radical (unpaired) electrons. The topological polar surface area (TPSA) is 128 Å². The van der Waals surface area contributed by atoms with Crippen molar-refractivity contribution >= 4 is 28.3 Å². The summed E-state index contributed by atoms with van der Waals surface area (Å²) in [6.07, 6.45) is 0.286. The van der Waals surface area contributed by atoms with E-state index in [1.807, 2.05) is 0 Å². The molecule has 106 valence electrons. The summed E-state index contributed by atoms with van der Waals surface area (Å²) in [6, 6.07) is 1.19. The Morgan fingerprint density at radius 2 is 1.85 bits per heavy atom. The van der Waals surface area contributed by atoms with E-state index >= 15 is 0 Å². The number of nitro groups is 1. The van der Waals surface area contributed by atoms with Crippen molar-refractivity contribution in [2.24, 2.45) is 0 Å². The van der Waals surface area contributed by atoms with Crippen LogP contribution in [0.5, 0.6) is 0 Å². The zero-order valence-electron chi connectivity index (χ0n) is 10.0. The first kappa shape index (κ1) is 13.9. The second kappa shape index (κ2) is 4.53. The maximum absolute atomic E-state index is 11.4. The minimum atomic E-state index is -1.52. The predicted molar refractivity (Wildman–Crippen MR) is 67.9 cm³/mol. The van der Waals surface area contributed by atoms with E-state index in [2.05, 4.69) is 0 Å². The van der Waals surface area contributed by atoms with E-state index in [9.17, 15) is 30.1 Å². The molecule has 0 saturated carbocycles. The number of rotatable bonds is 2. The van der Waals surface area contributed by atoms with Crippen LogP contribution in [0.1, 0.15) is 12.5 Å². The van der Waals surface area contributed by atoms with E-state index < -0.39 is 27.2 Å². The molecule has 1 aromatic carbocycles. The predicted octanol–water partition coefficient (Wildman–Crippen LogP) is 0.762. The van der Waals surface area contributed by atoms with E-state index in [1.54, 1.807) is 6.92 Å². The molecule has 0 aliphatic rings. The molecule has 0 saturated heterocycles. The van der Waals surface area contributed by atoms with Crippen LogP contribution in [-0.4, -0.2) is 24.8 Å². The number of halogens is 1. The quantitative estimate of drug-likeness (QED) is 0.365. The molecule has 0 atom stereocenters. The lowest BCUT2D eigenvalue weighted by molar-refractivity contribution is -0.383. The fourth-order valence-corrected chi connectivity index (χ4v) is 2.21. The number of fused-ring (bicyclic) bond motifs is 1. The Hall–Kier alpha value is -2.55. The van der Waals surface area contributed by atoms with Crippen LogP contribution in [0.4, 0.5) is 5.69 Å². The third-order valence-electron chi connectivity index (χ3n) is 2.84. The smallest absolute Gasteiger partial charge is 0.352 e. The van der Waals surface area contributed by atoms with Crippen molar-refractivity contribution in [2.75, 3.05) is 0 Å². The molecule has 20 heavy (non-hydrogen) atoms. The lowest BCUT2D eigenvalue weighted by Crippen LogP contribution is -2.40. The third-order valence-corrected chi connectivity index (χ3v) is 3.26. The molecule has 0 fully saturated rings. The number of benzene rings is 1. The van der Waals surface area contributed by atoms with Gasteiger partial charge in [0.25, 0.3) is 0 Å². The van der Waals surface area contributed by atoms with Crippen molar-refractivity contribution in [2.45, 2.75) is 13.3 Å². The number of hydrogen-bond donors (Lipinski definition) is 2. The molecule has 0 aliphatic carbocycles. The van der Waals surface area contributed by atoms with Gasteiger partial charge in [0.1, 0.15) is 10.5 Å². The minimum absolute atomic E-state index is 0.0487. The van der Waals surface area contributed by atoms with Gasteiger partial charge in [-0.2, -0.15) is 0 Å². The molecule has 10 heteroatoms. The molecule has 2 N–H and O–H groups in total. The van der Waals surface area contributed by atoms with Crippen LogP contribution in [0.2, 0.25) is 5.02 Å². The molecule has 0 aliphatic heterocycles. The monoisotopic (exact) mass is 301 g/mol. The normalized spacial score (nSPS) is 10.9. The fourth-order valence-electron chi connectivity index (χ4n) is 1.86. The van der Waals surface area contributed by atoms with Crippen LogP contribution in [-0.2, 0) is 6.42 Å². The molecule has 0 unspecified atom stereocenters. The van der Waals surface area contributed by atoms with Gasteiger partial charge >= 0.3 is 16.8 Å². The van der Waals surface area contributed by atoms with E-state index in [1.165, 1.54) is 6.07 Å². The molecule has 2 aromatic rings. The van der Waals surface area contributed by atoms with Crippen molar-refractivity contribution in [1.82, 2.24) is 9.46 Å². The van der Waals surface area contributed by atoms with Crippen LogP contribution in [0.3, 0.4) is 0 Å². The van der Waals surface area contributed by atoms with Crippen LogP contribution in [0, 0.1) is 10.1 Å². The summed E-state index contributed by atoms with van der Waals surface area (Å²) in [5, 5.41) is 30.0. The van der Waals surface area contributed by atoms with Crippen molar-refractivity contribution in [3.63, 3.8) is 0 Å². The third kappa shape index (κ3) is 1.71. The Morgan fingerprint density at radius 1 is 1.30 bits per heavy atom. The average molecular weight is 302 g/mol. The summed E-state index contributed by atoms with van der Waals surface area (Å²) >= 11 is 5.86. The first-order valence-corrected chi connectivity index (χ1v) is 5.75. The van der Waals surface area contributed by atoms with Gasteiger partial charge in [-0.1, -0.05) is 18.5 Å².